The Morgan fingerprint density at radius 2 is 1.50 bits per heavy atom. The molecule has 2 radical (unpaired) electrons. The maximum atomic E-state index is 8.06. The van der Waals surface area contributed by atoms with E-state index in [9.17, 15) is 0 Å². The highest BCUT2D eigenvalue weighted by Crippen LogP contribution is 0.755. The van der Waals surface area contributed by atoms with Crippen molar-refractivity contribution < 1.29 is 9.57 Å². The molecule has 0 fully saturated rings. The fourth-order valence-electron chi connectivity index (χ4n) is 0. The summed E-state index contributed by atoms with van der Waals surface area (Å²) >= 11 is 0. The Labute approximate surface area is 27.9 Å². The molecule has 1 N–H and O–H groups in total. The Balaban J connectivity index is 0. The first kappa shape index (κ1) is 9.02. The molecule has 0 amide bonds. The highest BCUT2D eigenvalue weighted by Gasteiger charge is 0.839. The molecule has 0 bridgehead atoms. The second-order valence-corrected chi connectivity index (χ2v) is 0. The lowest BCUT2D eigenvalue weighted by atomic mass is 11.8. The first-order valence-corrected chi connectivity index (χ1v) is 1.06. The normalized spacial score (nSPS) is 2.50. The molecule has 0 saturated carbocycles. The van der Waals surface area contributed by atoms with Gasteiger partial charge in [-0.15, -0.1) is 0 Å². The Hall–Kier alpha value is -0.0231. The summed E-state index contributed by atoms with van der Waals surface area (Å²) in [6.07, 6.45) is 0. The summed E-state index contributed by atoms with van der Waals surface area (Å²) in [6.45, 7) is 0. The van der Waals surface area contributed by atoms with Crippen LogP contribution in [0.4, 0.5) is 0 Å². The van der Waals surface area contributed by atoms with E-state index in [4.69, 9.17) is 9.57 Å². The lowest BCUT2D eigenvalue weighted by Crippen LogP contribution is -1.25. The van der Waals surface area contributed by atoms with Crippen LogP contribution in [0.5, 0.6) is 0 Å². The molecule has 24 valence electrons. The molecular formula is CH4O2Si. The second-order valence-electron chi connectivity index (χ2n) is 0. The Morgan fingerprint density at radius 3 is 1.50 bits per heavy atom. The van der Waals surface area contributed by atoms with Gasteiger partial charge in [-0.2, -0.15) is 0 Å². The molecule has 0 heterocycles. The fraction of sp³-hybridized carbons (Fsp3) is 1.00. The highest BCUT2D eigenvalue weighted by atomic mass is 28.1. The van der Waals surface area contributed by atoms with Crippen LogP contribution in [-0.2, 0) is 4.46 Å². The smallest absolute Gasteiger partial charge is 0.381 e. The average Bonchev–Trinajstić information content (AvgIpc) is 1.50. The van der Waals surface area contributed by atoms with Crippen molar-refractivity contribution in [3.05, 3.63) is 0 Å². The molecule has 0 saturated heterocycles. The molecule has 0 aliphatic heterocycles. The van der Waals surface area contributed by atoms with Crippen LogP contribution in [0.3, 0.4) is 0 Å². The van der Waals surface area contributed by atoms with E-state index in [1.54, 1.807) is 10.1 Å². The fourth-order valence-corrected chi connectivity index (χ4v) is 0. The van der Waals surface area contributed by atoms with Gasteiger partial charge < -0.3 is 9.57 Å². The third-order valence-corrected chi connectivity index (χ3v) is 0. The first-order valence-electron chi connectivity index (χ1n) is 0.651. The van der Waals surface area contributed by atoms with Crippen molar-refractivity contribution in [2.24, 2.45) is 0 Å². The maximum Gasteiger partial charge on any atom is 0.381 e. The largest absolute Gasteiger partial charge is 0.400 e. The average molecular weight is 76.1 g/mol. The molecular weight excluding hydrogens is 72.1 g/mol. The summed E-state index contributed by atoms with van der Waals surface area (Å²) in [5.41, 5.74) is 0. The molecule has 0 aliphatic rings. The minimum Gasteiger partial charge on any atom is -0.400 e. The predicted octanol–water partition coefficient (Wildman–Crippen LogP) is -0.891. The Bertz CT molecular complexity index is 6.00. The highest BCUT2D eigenvalue weighted by molar-refractivity contribution is 5.85. The lowest BCUT2D eigenvalue weighted by molar-refractivity contribution is 0.399. The van der Waals surface area contributed by atoms with Crippen LogP contribution >= 0.6 is 0 Å². The van der Waals surface area contributed by atoms with Crippen LogP contribution in [0.25, 0.3) is 0 Å². The SMILES string of the molecule is CO.O=[Si]. The van der Waals surface area contributed by atoms with Crippen molar-refractivity contribution in [3.8, 4) is 0 Å². The van der Waals surface area contributed by atoms with Crippen molar-refractivity contribution in [2.45, 2.75) is 0 Å². The zero-order valence-corrected chi connectivity index (χ0v) is 3.36. The number of rotatable bonds is 0. The summed E-state index contributed by atoms with van der Waals surface area (Å²) in [5, 5.41) is 7.00. The van der Waals surface area contributed by atoms with Crippen molar-refractivity contribution in [1.82, 2.24) is 0 Å². The molecule has 0 aromatic carbocycles. The topological polar surface area (TPSA) is 37.3 Å². The molecule has 0 atom stereocenters. The second kappa shape index (κ2) is 21800. The summed E-state index contributed by atoms with van der Waals surface area (Å²) < 4.78 is 8.06. The van der Waals surface area contributed by atoms with Crippen molar-refractivity contribution in [3.63, 3.8) is 0 Å². The zero-order valence-electron chi connectivity index (χ0n) is 2.36. The summed E-state index contributed by atoms with van der Waals surface area (Å²) in [6, 6.07) is 0. The monoisotopic (exact) mass is 76.0 g/mol. The standard InChI is InChI=1S/CH4O.OSi/c2*1-2/h2H,1H3;. The van der Waals surface area contributed by atoms with Crippen molar-refractivity contribution in [1.29, 1.82) is 0 Å². The molecule has 0 rings (SSSR count). The Morgan fingerprint density at radius 1 is 1.50 bits per heavy atom. The van der Waals surface area contributed by atoms with Crippen LogP contribution in [0.1, 0.15) is 0 Å². The van der Waals surface area contributed by atoms with Gasteiger partial charge in [0, 0.05) is 7.11 Å². The predicted molar refractivity (Wildman–Crippen MR) is 14.6 cm³/mol. The molecule has 4 heavy (non-hydrogen) atoms. The van der Waals surface area contributed by atoms with E-state index in [2.05, 4.69) is 0 Å². The first-order chi connectivity index (χ1) is 2.00. The van der Waals surface area contributed by atoms with Crippen molar-refractivity contribution >= 4 is 10.1 Å². The van der Waals surface area contributed by atoms with Gasteiger partial charge in [0.25, 0.3) is 0 Å². The van der Waals surface area contributed by atoms with Crippen molar-refractivity contribution in [2.75, 3.05) is 7.11 Å². The molecule has 2 nitrogen and oxygen atoms in total. The molecule has 0 aromatic rings. The summed E-state index contributed by atoms with van der Waals surface area (Å²) in [7, 11) is 2.72. The van der Waals surface area contributed by atoms with E-state index in [-0.39, 0.29) is 0 Å². The van der Waals surface area contributed by atoms with Gasteiger partial charge in [-0.1, -0.05) is 0 Å². The Kier molecular flexibility index (Phi) is 49100. The summed E-state index contributed by atoms with van der Waals surface area (Å²) in [5.74, 6) is 0. The van der Waals surface area contributed by atoms with Gasteiger partial charge in [0.1, 0.15) is 0 Å². The quantitative estimate of drug-likeness (QED) is 0.380. The number of hydrogen-bond acceptors (Lipinski definition) is 2. The lowest BCUT2D eigenvalue weighted by Gasteiger charge is -1.21. The zero-order chi connectivity index (χ0) is 4.00. The van der Waals surface area contributed by atoms with Gasteiger partial charge in [-0.3, -0.25) is 0 Å². The molecule has 0 spiro atoms. The van der Waals surface area contributed by atoms with Crippen LogP contribution in [0.2, 0.25) is 0 Å². The van der Waals surface area contributed by atoms with Gasteiger partial charge in [-0.25, -0.2) is 0 Å². The van der Waals surface area contributed by atoms with Gasteiger partial charge in [0.2, 0.25) is 0 Å². The minimum atomic E-state index is 1.00. The van der Waals surface area contributed by atoms with Crippen LogP contribution in [0.15, 0.2) is 0 Å². The van der Waals surface area contributed by atoms with Gasteiger partial charge >= 0.3 is 10.1 Å². The summed E-state index contributed by atoms with van der Waals surface area (Å²) in [4.78, 5) is 0. The maximum absolute atomic E-state index is 8.06. The molecule has 0 aromatic heterocycles. The molecule has 0 aliphatic carbocycles. The van der Waals surface area contributed by atoms with Crippen LogP contribution in [0, 0.1) is 0 Å². The number of aliphatic hydroxyl groups excluding tert-OH is 1. The third kappa shape index (κ3) is 3530. The minimum absolute atomic E-state index is 1.00. The van der Waals surface area contributed by atoms with Gasteiger partial charge in [-0.05, 0) is 0 Å². The van der Waals surface area contributed by atoms with Crippen LogP contribution < -0.4 is 0 Å². The van der Waals surface area contributed by atoms with E-state index >= 15 is 0 Å². The van der Waals surface area contributed by atoms with E-state index < -0.39 is 0 Å². The van der Waals surface area contributed by atoms with E-state index in [0.29, 0.717) is 0 Å². The number of hydrogen-bond donors (Lipinski definition) is 1. The van der Waals surface area contributed by atoms with Crippen LogP contribution in [-0.4, -0.2) is 22.3 Å². The molecule has 3 heteroatoms. The molecule has 0 unspecified atom stereocenters. The van der Waals surface area contributed by atoms with E-state index in [0.717, 1.165) is 7.11 Å². The van der Waals surface area contributed by atoms with E-state index in [1.807, 2.05) is 0 Å². The number of aliphatic hydroxyl groups is 1. The van der Waals surface area contributed by atoms with Gasteiger partial charge in [0.15, 0.2) is 0 Å². The third-order valence-electron chi connectivity index (χ3n) is 0. The van der Waals surface area contributed by atoms with Gasteiger partial charge in [0.05, 0.1) is 0 Å². The van der Waals surface area contributed by atoms with E-state index in [1.165, 1.54) is 0 Å².